The molecule has 0 fully saturated rings. The first-order valence-electron chi connectivity index (χ1n) is 20.7. The van der Waals surface area contributed by atoms with Crippen LogP contribution in [0.5, 0.6) is 0 Å². The third kappa shape index (κ3) is 5.78. The van der Waals surface area contributed by atoms with Crippen molar-refractivity contribution in [2.75, 3.05) is 0 Å². The van der Waals surface area contributed by atoms with Gasteiger partial charge in [0, 0.05) is 38.3 Å². The molecular formula is C57H44N2. The Hall–Kier alpha value is -7.16. The van der Waals surface area contributed by atoms with Crippen LogP contribution < -0.4 is 0 Å². The minimum Gasteiger partial charge on any atom is -0.309 e. The van der Waals surface area contributed by atoms with E-state index >= 15 is 0 Å². The molecule has 59 heavy (non-hydrogen) atoms. The molecule has 2 aromatic heterocycles. The fraction of sp³-hybridized carbons (Fsp3) is 0.0877. The van der Waals surface area contributed by atoms with Gasteiger partial charge in [-0.05, 0) is 130 Å². The van der Waals surface area contributed by atoms with E-state index in [-0.39, 0.29) is 5.41 Å². The second-order valence-corrected chi connectivity index (χ2v) is 16.8. The van der Waals surface area contributed by atoms with Crippen LogP contribution in [0.3, 0.4) is 0 Å². The second-order valence-electron chi connectivity index (χ2n) is 16.8. The average molecular weight is 757 g/mol. The summed E-state index contributed by atoms with van der Waals surface area (Å²) in [5.41, 5.74) is 20.0. The molecule has 2 heteroatoms. The molecule has 0 saturated carbocycles. The van der Waals surface area contributed by atoms with E-state index in [2.05, 4.69) is 231 Å². The highest BCUT2D eigenvalue weighted by atomic mass is 15.0. The molecule has 1 aliphatic rings. The maximum atomic E-state index is 2.41. The van der Waals surface area contributed by atoms with Gasteiger partial charge in [-0.25, -0.2) is 0 Å². The van der Waals surface area contributed by atoms with Crippen molar-refractivity contribution in [2.45, 2.75) is 33.1 Å². The lowest BCUT2D eigenvalue weighted by Gasteiger charge is -2.22. The summed E-state index contributed by atoms with van der Waals surface area (Å²) >= 11 is 0. The van der Waals surface area contributed by atoms with Crippen LogP contribution in [0.1, 0.15) is 58.4 Å². The Morgan fingerprint density at radius 1 is 0.356 bits per heavy atom. The molecule has 8 aromatic carbocycles. The summed E-state index contributed by atoms with van der Waals surface area (Å²) in [7, 11) is 0. The van der Waals surface area contributed by atoms with Crippen LogP contribution in [-0.2, 0) is 5.41 Å². The van der Waals surface area contributed by atoms with Gasteiger partial charge in [0.2, 0.25) is 0 Å². The van der Waals surface area contributed by atoms with Gasteiger partial charge < -0.3 is 9.13 Å². The number of hydrogen-bond acceptors (Lipinski definition) is 0. The maximum absolute atomic E-state index is 2.41. The Labute approximate surface area is 345 Å². The van der Waals surface area contributed by atoms with Crippen molar-refractivity contribution in [3.05, 3.63) is 214 Å². The lowest BCUT2D eigenvalue weighted by atomic mass is 9.81. The summed E-state index contributed by atoms with van der Waals surface area (Å²) in [6.45, 7) is 9.09. The number of nitrogens with zero attached hydrogens (tertiary/aromatic N) is 2. The Kier molecular flexibility index (Phi) is 8.00. The van der Waals surface area contributed by atoms with Crippen LogP contribution in [0.4, 0.5) is 0 Å². The number of aromatic nitrogens is 2. The van der Waals surface area contributed by atoms with E-state index in [0.29, 0.717) is 0 Å². The minimum absolute atomic E-state index is 0.120. The van der Waals surface area contributed by atoms with Gasteiger partial charge in [0.25, 0.3) is 0 Å². The van der Waals surface area contributed by atoms with E-state index in [0.717, 1.165) is 0 Å². The smallest absolute Gasteiger partial charge is 0.0541 e. The number of aryl methyl sites for hydroxylation is 2. The van der Waals surface area contributed by atoms with Crippen LogP contribution in [0.25, 0.3) is 90.4 Å². The standard InChI is InChI=1S/C57H44N2/c1-37-30-38(2)32-44(31-37)59-54-17-11-9-15-48(54)50-34-40(25-29-56(50)59)19-21-42-23-27-46-45-26-22-41(35-51(45)57(3,4)52(46)36-42)20-18-39-24-28-55-49(33-39)47-14-8-10-16-53(47)58(55)43-12-6-5-7-13-43/h5-36H,1-4H3/b20-18+,21-19+. The highest BCUT2D eigenvalue weighted by Crippen LogP contribution is 2.49. The molecule has 1 aliphatic carbocycles. The highest BCUT2D eigenvalue weighted by molar-refractivity contribution is 6.11. The first-order chi connectivity index (χ1) is 28.8. The Bertz CT molecular complexity index is 3350. The van der Waals surface area contributed by atoms with E-state index in [1.165, 1.54) is 111 Å². The van der Waals surface area contributed by atoms with Crippen molar-refractivity contribution in [3.8, 4) is 22.5 Å². The average Bonchev–Trinajstić information content (AvgIpc) is 3.84. The summed E-state index contributed by atoms with van der Waals surface area (Å²) in [4.78, 5) is 0. The predicted octanol–water partition coefficient (Wildman–Crippen LogP) is 15.1. The third-order valence-corrected chi connectivity index (χ3v) is 12.5. The van der Waals surface area contributed by atoms with Crippen molar-refractivity contribution in [1.29, 1.82) is 0 Å². The number of rotatable bonds is 6. The summed E-state index contributed by atoms with van der Waals surface area (Å²) in [6.07, 6.45) is 9.05. The van der Waals surface area contributed by atoms with E-state index in [1.54, 1.807) is 0 Å². The van der Waals surface area contributed by atoms with Crippen molar-refractivity contribution < 1.29 is 0 Å². The van der Waals surface area contributed by atoms with Crippen LogP contribution in [0.15, 0.2) is 170 Å². The quantitative estimate of drug-likeness (QED) is 0.150. The predicted molar refractivity (Wildman–Crippen MR) is 253 cm³/mol. The third-order valence-electron chi connectivity index (χ3n) is 12.5. The monoisotopic (exact) mass is 756 g/mol. The van der Waals surface area contributed by atoms with E-state index in [4.69, 9.17) is 0 Å². The molecule has 0 unspecified atom stereocenters. The van der Waals surface area contributed by atoms with Crippen LogP contribution in [-0.4, -0.2) is 9.13 Å². The number of benzene rings is 8. The molecule has 0 aliphatic heterocycles. The van der Waals surface area contributed by atoms with Gasteiger partial charge in [0.05, 0.1) is 22.1 Å². The van der Waals surface area contributed by atoms with Gasteiger partial charge in [0.15, 0.2) is 0 Å². The van der Waals surface area contributed by atoms with Gasteiger partial charge in [-0.2, -0.15) is 0 Å². The van der Waals surface area contributed by atoms with E-state index < -0.39 is 0 Å². The van der Waals surface area contributed by atoms with Crippen molar-refractivity contribution in [3.63, 3.8) is 0 Å². The minimum atomic E-state index is -0.120. The lowest BCUT2D eigenvalue weighted by Crippen LogP contribution is -2.15. The molecule has 0 atom stereocenters. The molecule has 0 bridgehead atoms. The lowest BCUT2D eigenvalue weighted by molar-refractivity contribution is 0.660. The Morgan fingerprint density at radius 2 is 0.763 bits per heavy atom. The second kappa shape index (κ2) is 13.5. The van der Waals surface area contributed by atoms with Gasteiger partial charge in [-0.15, -0.1) is 0 Å². The SMILES string of the molecule is Cc1cc(C)cc(-n2c3ccccc3c3cc(/C=C/c4ccc5c(c4)C(C)(C)c4cc(/C=C/c6ccc7c(c6)c6ccccc6n7-c6ccccc6)ccc4-5)ccc32)c1. The zero-order valence-corrected chi connectivity index (χ0v) is 33.9. The number of hydrogen-bond donors (Lipinski definition) is 0. The molecule has 0 amide bonds. The summed E-state index contributed by atoms with van der Waals surface area (Å²) in [5, 5.41) is 5.08. The molecule has 282 valence electrons. The molecule has 0 saturated heterocycles. The molecule has 2 nitrogen and oxygen atoms in total. The first kappa shape index (κ1) is 35.0. The zero-order valence-electron chi connectivity index (χ0n) is 33.9. The van der Waals surface area contributed by atoms with Gasteiger partial charge in [-0.3, -0.25) is 0 Å². The molecule has 0 spiro atoms. The summed E-state index contributed by atoms with van der Waals surface area (Å²) in [6, 6.07) is 62.6. The topological polar surface area (TPSA) is 9.86 Å². The molecule has 0 radical (unpaired) electrons. The molecule has 10 aromatic rings. The van der Waals surface area contributed by atoms with Crippen LogP contribution >= 0.6 is 0 Å². The highest BCUT2D eigenvalue weighted by Gasteiger charge is 2.35. The fourth-order valence-corrected chi connectivity index (χ4v) is 9.77. The first-order valence-corrected chi connectivity index (χ1v) is 20.7. The Morgan fingerprint density at radius 3 is 1.27 bits per heavy atom. The Balaban J connectivity index is 0.882. The van der Waals surface area contributed by atoms with Gasteiger partial charge >= 0.3 is 0 Å². The van der Waals surface area contributed by atoms with Gasteiger partial charge in [0.1, 0.15) is 0 Å². The molecule has 11 rings (SSSR count). The number of fused-ring (bicyclic) bond motifs is 9. The van der Waals surface area contributed by atoms with Crippen molar-refractivity contribution >= 4 is 67.9 Å². The van der Waals surface area contributed by atoms with Crippen LogP contribution in [0, 0.1) is 13.8 Å². The van der Waals surface area contributed by atoms with Crippen molar-refractivity contribution in [1.82, 2.24) is 9.13 Å². The number of para-hydroxylation sites is 3. The largest absolute Gasteiger partial charge is 0.309 e. The maximum Gasteiger partial charge on any atom is 0.0541 e. The van der Waals surface area contributed by atoms with E-state index in [9.17, 15) is 0 Å². The van der Waals surface area contributed by atoms with Crippen molar-refractivity contribution in [2.24, 2.45) is 0 Å². The zero-order chi connectivity index (χ0) is 39.8. The summed E-state index contributed by atoms with van der Waals surface area (Å²) < 4.78 is 4.78. The van der Waals surface area contributed by atoms with E-state index in [1.807, 2.05) is 0 Å². The fourth-order valence-electron chi connectivity index (χ4n) is 9.77. The van der Waals surface area contributed by atoms with Gasteiger partial charge in [-0.1, -0.05) is 147 Å². The normalized spacial score (nSPS) is 13.4. The summed E-state index contributed by atoms with van der Waals surface area (Å²) in [5.74, 6) is 0. The van der Waals surface area contributed by atoms with Crippen LogP contribution in [0.2, 0.25) is 0 Å². The molecule has 2 heterocycles. The molecular weight excluding hydrogens is 713 g/mol. The molecule has 0 N–H and O–H groups in total.